The van der Waals surface area contributed by atoms with Crippen molar-refractivity contribution in [1.29, 1.82) is 5.26 Å². The molecule has 0 saturated carbocycles. The van der Waals surface area contributed by atoms with Crippen LogP contribution in [0.4, 0.5) is 11.4 Å². The summed E-state index contributed by atoms with van der Waals surface area (Å²) >= 11 is 5.87. The highest BCUT2D eigenvalue weighted by Gasteiger charge is 2.16. The number of ether oxygens (including phenoxy) is 2. The average Bonchev–Trinajstić information content (AvgIpc) is 2.82. The van der Waals surface area contributed by atoms with Crippen LogP contribution < -0.4 is 14.8 Å². The molecule has 166 valence electrons. The van der Waals surface area contributed by atoms with Crippen molar-refractivity contribution in [2.75, 3.05) is 12.4 Å². The highest BCUT2D eigenvalue weighted by Crippen LogP contribution is 2.29. The smallest absolute Gasteiger partial charge is 0.271 e. The molecule has 8 nitrogen and oxygen atoms in total. The monoisotopic (exact) mass is 463 g/mol. The molecule has 0 spiro atoms. The molecule has 9 heteroatoms. The zero-order valence-corrected chi connectivity index (χ0v) is 18.2. The Morgan fingerprint density at radius 1 is 1.15 bits per heavy atom. The third-order valence-corrected chi connectivity index (χ3v) is 4.77. The van der Waals surface area contributed by atoms with Crippen LogP contribution in [-0.2, 0) is 11.4 Å². The highest BCUT2D eigenvalue weighted by atomic mass is 35.5. The minimum absolute atomic E-state index is 0.0868. The molecule has 3 aromatic carbocycles. The van der Waals surface area contributed by atoms with Crippen LogP contribution >= 0.6 is 11.6 Å². The van der Waals surface area contributed by atoms with Gasteiger partial charge in [0, 0.05) is 17.2 Å². The number of rotatable bonds is 8. The number of halogens is 1. The number of non-ortho nitro benzene ring substituents is 1. The molecule has 33 heavy (non-hydrogen) atoms. The Morgan fingerprint density at radius 2 is 1.85 bits per heavy atom. The lowest BCUT2D eigenvalue weighted by Crippen LogP contribution is -2.14. The molecule has 0 aliphatic heterocycles. The van der Waals surface area contributed by atoms with E-state index in [9.17, 15) is 20.2 Å². The summed E-state index contributed by atoms with van der Waals surface area (Å²) in [6.45, 7) is 0.364. The third kappa shape index (κ3) is 6.32. The van der Waals surface area contributed by atoms with E-state index < -0.39 is 10.8 Å². The quantitative estimate of drug-likeness (QED) is 0.207. The third-order valence-electron chi connectivity index (χ3n) is 4.52. The Morgan fingerprint density at radius 3 is 2.45 bits per heavy atom. The predicted molar refractivity (Wildman–Crippen MR) is 124 cm³/mol. The van der Waals surface area contributed by atoms with E-state index in [2.05, 4.69) is 5.32 Å². The molecular weight excluding hydrogens is 446 g/mol. The van der Waals surface area contributed by atoms with E-state index in [1.165, 1.54) is 31.4 Å². The SMILES string of the molecule is COc1ccc([N+](=O)[O-])cc1NC(=O)/C(C#N)=C/c1ccc(OCc2ccc(Cl)cc2)cc1. The molecule has 0 atom stereocenters. The lowest BCUT2D eigenvalue weighted by atomic mass is 10.1. The highest BCUT2D eigenvalue weighted by molar-refractivity contribution is 6.30. The van der Waals surface area contributed by atoms with Crippen LogP contribution in [0.3, 0.4) is 0 Å². The Labute approximate surface area is 194 Å². The topological polar surface area (TPSA) is 114 Å². The number of hydrogen-bond acceptors (Lipinski definition) is 6. The van der Waals surface area contributed by atoms with Crippen LogP contribution in [0.15, 0.2) is 72.3 Å². The van der Waals surface area contributed by atoms with Crippen molar-refractivity contribution in [3.05, 3.63) is 98.6 Å². The summed E-state index contributed by atoms with van der Waals surface area (Å²) in [6.07, 6.45) is 1.40. The van der Waals surface area contributed by atoms with Gasteiger partial charge in [0.1, 0.15) is 29.7 Å². The standard InChI is InChI=1S/C24H18ClN3O5/c1-32-23-11-8-20(28(30)31)13-22(23)27-24(29)18(14-26)12-16-4-9-21(10-5-16)33-15-17-2-6-19(25)7-3-17/h2-13H,15H2,1H3,(H,27,29)/b18-12+. The van der Waals surface area contributed by atoms with Crippen LogP contribution in [0.1, 0.15) is 11.1 Å². The van der Waals surface area contributed by atoms with Gasteiger partial charge in [-0.05, 0) is 47.5 Å². The largest absolute Gasteiger partial charge is 0.495 e. The second-order valence-electron chi connectivity index (χ2n) is 6.75. The molecule has 0 aliphatic carbocycles. The van der Waals surface area contributed by atoms with Gasteiger partial charge in [-0.2, -0.15) is 5.26 Å². The van der Waals surface area contributed by atoms with Crippen LogP contribution in [0.2, 0.25) is 5.02 Å². The van der Waals surface area contributed by atoms with Crippen LogP contribution in [0, 0.1) is 21.4 Å². The number of carbonyl (C=O) groups is 1. The summed E-state index contributed by atoms with van der Waals surface area (Å²) in [5.41, 5.74) is 1.25. The molecule has 0 radical (unpaired) electrons. The number of benzene rings is 3. The van der Waals surface area contributed by atoms with E-state index in [1.54, 1.807) is 36.4 Å². The number of nitrogens with one attached hydrogen (secondary N) is 1. The second-order valence-corrected chi connectivity index (χ2v) is 7.19. The van der Waals surface area contributed by atoms with Gasteiger partial charge >= 0.3 is 0 Å². The minimum Gasteiger partial charge on any atom is -0.495 e. The van der Waals surface area contributed by atoms with Crippen molar-refractivity contribution in [1.82, 2.24) is 0 Å². The number of nitrogens with zero attached hydrogens (tertiary/aromatic N) is 2. The zero-order chi connectivity index (χ0) is 23.8. The van der Waals surface area contributed by atoms with Gasteiger partial charge in [-0.25, -0.2) is 0 Å². The molecule has 0 bridgehead atoms. The number of carbonyl (C=O) groups excluding carboxylic acids is 1. The van der Waals surface area contributed by atoms with Crippen LogP contribution in [-0.4, -0.2) is 17.9 Å². The van der Waals surface area contributed by atoms with Gasteiger partial charge in [0.15, 0.2) is 0 Å². The first-order valence-corrected chi connectivity index (χ1v) is 10.0. The minimum atomic E-state index is -0.723. The maximum atomic E-state index is 12.6. The predicted octanol–water partition coefficient (Wildman–Crippen LogP) is 5.38. The van der Waals surface area contributed by atoms with Crippen molar-refractivity contribution in [3.8, 4) is 17.6 Å². The van der Waals surface area contributed by atoms with Crippen molar-refractivity contribution in [2.24, 2.45) is 0 Å². The summed E-state index contributed by atoms with van der Waals surface area (Å²) < 4.78 is 10.9. The number of nitro benzene ring substituents is 1. The number of hydrogen-bond donors (Lipinski definition) is 1. The Bertz CT molecular complexity index is 1230. The van der Waals surface area contributed by atoms with E-state index >= 15 is 0 Å². The fourth-order valence-corrected chi connectivity index (χ4v) is 2.95. The van der Waals surface area contributed by atoms with Crippen LogP contribution in [0.25, 0.3) is 6.08 Å². The number of amides is 1. The summed E-state index contributed by atoms with van der Waals surface area (Å²) in [5.74, 6) is 0.124. The molecule has 0 aromatic heterocycles. The van der Waals surface area contributed by atoms with E-state index in [0.717, 1.165) is 5.56 Å². The molecule has 1 amide bonds. The molecule has 1 N–H and O–H groups in total. The number of methoxy groups -OCH3 is 1. The Hall–Kier alpha value is -4.35. The van der Waals surface area contributed by atoms with Gasteiger partial charge < -0.3 is 14.8 Å². The fourth-order valence-electron chi connectivity index (χ4n) is 2.82. The van der Waals surface area contributed by atoms with Gasteiger partial charge in [-0.3, -0.25) is 14.9 Å². The number of nitro groups is 1. The zero-order valence-electron chi connectivity index (χ0n) is 17.4. The summed E-state index contributed by atoms with van der Waals surface area (Å²) in [6, 6.07) is 19.8. The van der Waals surface area contributed by atoms with Gasteiger partial charge in [0.2, 0.25) is 0 Å². The molecule has 0 heterocycles. The summed E-state index contributed by atoms with van der Waals surface area (Å²) in [7, 11) is 1.37. The number of anilines is 1. The average molecular weight is 464 g/mol. The molecule has 0 saturated heterocycles. The Kier molecular flexibility index (Phi) is 7.63. The molecular formula is C24H18ClN3O5. The first kappa shape index (κ1) is 23.3. The number of nitriles is 1. The van der Waals surface area contributed by atoms with Gasteiger partial charge in [0.25, 0.3) is 11.6 Å². The molecule has 3 aromatic rings. The van der Waals surface area contributed by atoms with Gasteiger partial charge in [-0.15, -0.1) is 0 Å². The van der Waals surface area contributed by atoms with Crippen molar-refractivity contribution in [2.45, 2.75) is 6.61 Å². The Balaban J connectivity index is 1.70. The normalized spacial score (nSPS) is 10.8. The van der Waals surface area contributed by atoms with Crippen LogP contribution in [0.5, 0.6) is 11.5 Å². The first-order chi connectivity index (χ1) is 15.9. The van der Waals surface area contributed by atoms with E-state index in [-0.39, 0.29) is 22.7 Å². The lowest BCUT2D eigenvalue weighted by Gasteiger charge is -2.09. The van der Waals surface area contributed by atoms with E-state index in [1.807, 2.05) is 18.2 Å². The van der Waals surface area contributed by atoms with E-state index in [4.69, 9.17) is 21.1 Å². The lowest BCUT2D eigenvalue weighted by molar-refractivity contribution is -0.384. The molecule has 3 rings (SSSR count). The summed E-state index contributed by atoms with van der Waals surface area (Å²) in [5, 5.41) is 23.6. The molecule has 0 aliphatic rings. The van der Waals surface area contributed by atoms with Gasteiger partial charge in [0.05, 0.1) is 17.7 Å². The van der Waals surface area contributed by atoms with Crippen molar-refractivity contribution >= 4 is 35.0 Å². The first-order valence-electron chi connectivity index (χ1n) is 9.62. The van der Waals surface area contributed by atoms with E-state index in [0.29, 0.717) is 22.9 Å². The van der Waals surface area contributed by atoms with Crippen molar-refractivity contribution < 1.29 is 19.2 Å². The maximum absolute atomic E-state index is 12.6. The van der Waals surface area contributed by atoms with Crippen molar-refractivity contribution in [3.63, 3.8) is 0 Å². The molecule has 0 fully saturated rings. The molecule has 0 unspecified atom stereocenters. The maximum Gasteiger partial charge on any atom is 0.271 e. The second kappa shape index (κ2) is 10.8. The van der Waals surface area contributed by atoms with Gasteiger partial charge in [-0.1, -0.05) is 35.9 Å². The fraction of sp³-hybridized carbons (Fsp3) is 0.0833. The summed E-state index contributed by atoms with van der Waals surface area (Å²) in [4.78, 5) is 23.0.